The summed E-state index contributed by atoms with van der Waals surface area (Å²) in [6.45, 7) is 2.34. The van der Waals surface area contributed by atoms with Gasteiger partial charge in [-0.2, -0.15) is 0 Å². The van der Waals surface area contributed by atoms with Crippen molar-refractivity contribution in [2.75, 3.05) is 41.0 Å². The highest BCUT2D eigenvalue weighted by molar-refractivity contribution is 5.93. The minimum Gasteiger partial charge on any atom is -0.497 e. The molecule has 3 aromatic rings. The van der Waals surface area contributed by atoms with Gasteiger partial charge in [0.05, 0.1) is 27.4 Å². The van der Waals surface area contributed by atoms with Gasteiger partial charge in [-0.15, -0.1) is 0 Å². The van der Waals surface area contributed by atoms with Gasteiger partial charge in [0.15, 0.2) is 11.5 Å². The number of hydrogen-bond acceptors (Lipinski definition) is 7. The van der Waals surface area contributed by atoms with Crippen molar-refractivity contribution < 1.29 is 23.5 Å². The number of hydrogen-bond donors (Lipinski definition) is 1. The van der Waals surface area contributed by atoms with Crippen LogP contribution in [0.1, 0.15) is 41.4 Å². The predicted octanol–water partition coefficient (Wildman–Crippen LogP) is 4.32. The zero-order chi connectivity index (χ0) is 23.9. The standard InChI is InChI=1S/C26H31N3O5/c1-31-19-9-7-18(8-10-19)25-16-22(28-34-25)26(30)27-17-23(29-13-5-4-6-14-29)21-15-20(32-2)11-12-24(21)33-3/h7-12,15-16,23H,4-6,13-14,17H2,1-3H3,(H,27,30)/t23-/m0/s1. The molecule has 2 heterocycles. The van der Waals surface area contributed by atoms with E-state index >= 15 is 0 Å². The molecule has 0 radical (unpaired) electrons. The van der Waals surface area contributed by atoms with Crippen LogP contribution in [-0.4, -0.2) is 56.9 Å². The topological polar surface area (TPSA) is 86.1 Å². The second kappa shape index (κ2) is 11.1. The average molecular weight is 466 g/mol. The Bertz CT molecular complexity index is 1090. The van der Waals surface area contributed by atoms with Crippen molar-refractivity contribution in [3.8, 4) is 28.6 Å². The zero-order valence-corrected chi connectivity index (χ0v) is 19.9. The van der Waals surface area contributed by atoms with Gasteiger partial charge in [-0.3, -0.25) is 9.69 Å². The minimum atomic E-state index is -0.285. The third-order valence-electron chi connectivity index (χ3n) is 6.20. The highest BCUT2D eigenvalue weighted by Crippen LogP contribution is 2.34. The van der Waals surface area contributed by atoms with Crippen molar-refractivity contribution in [2.24, 2.45) is 0 Å². The van der Waals surface area contributed by atoms with Gasteiger partial charge in [0, 0.05) is 23.7 Å². The van der Waals surface area contributed by atoms with Crippen LogP contribution in [0.2, 0.25) is 0 Å². The first-order valence-corrected chi connectivity index (χ1v) is 11.5. The van der Waals surface area contributed by atoms with Gasteiger partial charge < -0.3 is 24.1 Å². The first kappa shape index (κ1) is 23.6. The number of ether oxygens (including phenoxy) is 3. The third-order valence-corrected chi connectivity index (χ3v) is 6.20. The maximum atomic E-state index is 13.0. The number of nitrogens with zero attached hydrogens (tertiary/aromatic N) is 2. The molecule has 1 aliphatic rings. The quantitative estimate of drug-likeness (QED) is 0.504. The summed E-state index contributed by atoms with van der Waals surface area (Å²) < 4.78 is 21.7. The van der Waals surface area contributed by atoms with Crippen LogP contribution in [0.4, 0.5) is 0 Å². The molecular formula is C26H31N3O5. The van der Waals surface area contributed by atoms with Crippen molar-refractivity contribution in [1.29, 1.82) is 0 Å². The van der Waals surface area contributed by atoms with Crippen molar-refractivity contribution >= 4 is 5.91 Å². The molecule has 1 fully saturated rings. The molecule has 1 amide bonds. The lowest BCUT2D eigenvalue weighted by molar-refractivity contribution is 0.0914. The summed E-state index contributed by atoms with van der Waals surface area (Å²) in [4.78, 5) is 15.4. The number of methoxy groups -OCH3 is 3. The molecular weight excluding hydrogens is 434 g/mol. The molecule has 8 heteroatoms. The molecule has 1 aromatic heterocycles. The first-order chi connectivity index (χ1) is 16.6. The Morgan fingerprint density at radius 2 is 1.68 bits per heavy atom. The molecule has 180 valence electrons. The Morgan fingerprint density at radius 1 is 0.971 bits per heavy atom. The molecule has 1 atom stereocenters. The number of benzene rings is 2. The molecule has 0 spiro atoms. The van der Waals surface area contributed by atoms with Crippen LogP contribution in [0.15, 0.2) is 53.1 Å². The number of aromatic nitrogens is 1. The Kier molecular flexibility index (Phi) is 7.69. The van der Waals surface area contributed by atoms with Gasteiger partial charge in [-0.1, -0.05) is 11.6 Å². The SMILES string of the molecule is COc1ccc(-c2cc(C(=O)NC[C@@H](c3cc(OC)ccc3OC)N3CCCCC3)no2)cc1. The lowest BCUT2D eigenvalue weighted by Gasteiger charge is -2.35. The summed E-state index contributed by atoms with van der Waals surface area (Å²) in [6, 6.07) is 14.8. The van der Waals surface area contributed by atoms with Gasteiger partial charge >= 0.3 is 0 Å². The lowest BCUT2D eigenvalue weighted by Crippen LogP contribution is -2.40. The summed E-state index contributed by atoms with van der Waals surface area (Å²) >= 11 is 0. The molecule has 8 nitrogen and oxygen atoms in total. The molecule has 0 aliphatic carbocycles. The fourth-order valence-corrected chi connectivity index (χ4v) is 4.32. The van der Waals surface area contributed by atoms with Crippen molar-refractivity contribution in [2.45, 2.75) is 25.3 Å². The van der Waals surface area contributed by atoms with E-state index in [1.165, 1.54) is 6.42 Å². The molecule has 4 rings (SSSR count). The van der Waals surface area contributed by atoms with E-state index in [2.05, 4.69) is 15.4 Å². The van der Waals surface area contributed by atoms with E-state index in [-0.39, 0.29) is 17.6 Å². The number of likely N-dealkylation sites (tertiary alicyclic amines) is 1. The highest BCUT2D eigenvalue weighted by Gasteiger charge is 2.27. The number of rotatable bonds is 9. The summed E-state index contributed by atoms with van der Waals surface area (Å²) in [6.07, 6.45) is 3.48. The second-order valence-electron chi connectivity index (χ2n) is 8.24. The summed E-state index contributed by atoms with van der Waals surface area (Å²) in [5, 5.41) is 7.03. The molecule has 1 N–H and O–H groups in total. The number of carbonyl (C=O) groups is 1. The van der Waals surface area contributed by atoms with E-state index in [0.29, 0.717) is 12.3 Å². The number of amides is 1. The monoisotopic (exact) mass is 465 g/mol. The summed E-state index contributed by atoms with van der Waals surface area (Å²) in [5.41, 5.74) is 2.05. The molecule has 0 bridgehead atoms. The Labute approximate surface area is 199 Å². The third kappa shape index (κ3) is 5.34. The summed E-state index contributed by atoms with van der Waals surface area (Å²) in [5.74, 6) is 2.51. The number of nitrogens with one attached hydrogen (secondary N) is 1. The van der Waals surface area contributed by atoms with E-state index in [1.807, 2.05) is 42.5 Å². The maximum Gasteiger partial charge on any atom is 0.273 e. The van der Waals surface area contributed by atoms with Crippen LogP contribution in [0.5, 0.6) is 17.2 Å². The van der Waals surface area contributed by atoms with E-state index in [9.17, 15) is 4.79 Å². The van der Waals surface area contributed by atoms with Crippen LogP contribution in [0.25, 0.3) is 11.3 Å². The fraction of sp³-hybridized carbons (Fsp3) is 0.385. The Balaban J connectivity index is 1.51. The molecule has 0 saturated carbocycles. The van der Waals surface area contributed by atoms with Gasteiger partial charge in [-0.05, 0) is 68.4 Å². The van der Waals surface area contributed by atoms with Crippen molar-refractivity contribution in [1.82, 2.24) is 15.4 Å². The zero-order valence-electron chi connectivity index (χ0n) is 19.9. The number of piperidine rings is 1. The fourth-order valence-electron chi connectivity index (χ4n) is 4.32. The van der Waals surface area contributed by atoms with E-state index in [0.717, 1.165) is 54.3 Å². The van der Waals surface area contributed by atoms with Gasteiger partial charge in [0.2, 0.25) is 0 Å². The molecule has 1 saturated heterocycles. The van der Waals surface area contributed by atoms with Crippen molar-refractivity contribution in [3.05, 3.63) is 59.8 Å². The molecule has 1 aliphatic heterocycles. The molecule has 2 aromatic carbocycles. The van der Waals surface area contributed by atoms with Crippen LogP contribution < -0.4 is 19.5 Å². The van der Waals surface area contributed by atoms with Gasteiger partial charge in [-0.25, -0.2) is 0 Å². The number of carbonyl (C=O) groups excluding carboxylic acids is 1. The second-order valence-corrected chi connectivity index (χ2v) is 8.24. The Morgan fingerprint density at radius 3 is 2.35 bits per heavy atom. The van der Waals surface area contributed by atoms with Crippen LogP contribution in [-0.2, 0) is 0 Å². The Hall–Kier alpha value is -3.52. The molecule has 0 unspecified atom stereocenters. The summed E-state index contributed by atoms with van der Waals surface area (Å²) in [7, 11) is 4.92. The first-order valence-electron chi connectivity index (χ1n) is 11.5. The van der Waals surface area contributed by atoms with E-state index in [1.54, 1.807) is 27.4 Å². The van der Waals surface area contributed by atoms with E-state index < -0.39 is 0 Å². The van der Waals surface area contributed by atoms with Gasteiger partial charge in [0.25, 0.3) is 5.91 Å². The average Bonchev–Trinajstić information content (AvgIpc) is 3.40. The lowest BCUT2D eigenvalue weighted by atomic mass is 10.00. The molecule has 34 heavy (non-hydrogen) atoms. The smallest absolute Gasteiger partial charge is 0.273 e. The van der Waals surface area contributed by atoms with Crippen molar-refractivity contribution in [3.63, 3.8) is 0 Å². The van der Waals surface area contributed by atoms with Crippen LogP contribution in [0.3, 0.4) is 0 Å². The minimum absolute atomic E-state index is 0.0535. The predicted molar refractivity (Wildman–Crippen MR) is 129 cm³/mol. The van der Waals surface area contributed by atoms with Crippen LogP contribution >= 0.6 is 0 Å². The normalized spacial score (nSPS) is 14.9. The van der Waals surface area contributed by atoms with Crippen LogP contribution in [0, 0.1) is 0 Å². The maximum absolute atomic E-state index is 13.0. The van der Waals surface area contributed by atoms with Gasteiger partial charge in [0.1, 0.15) is 17.2 Å². The largest absolute Gasteiger partial charge is 0.497 e. The highest BCUT2D eigenvalue weighted by atomic mass is 16.5. The van der Waals surface area contributed by atoms with E-state index in [4.69, 9.17) is 18.7 Å².